The lowest BCUT2D eigenvalue weighted by Gasteiger charge is -2.55. The number of hydrogen-bond donors (Lipinski definition) is 1. The molecule has 0 radical (unpaired) electrons. The van der Waals surface area contributed by atoms with Crippen molar-refractivity contribution in [1.29, 1.82) is 0 Å². The van der Waals surface area contributed by atoms with E-state index >= 15 is 0 Å². The van der Waals surface area contributed by atoms with Crippen LogP contribution in [0.5, 0.6) is 0 Å². The lowest BCUT2D eigenvalue weighted by Crippen LogP contribution is -2.45. The lowest BCUT2D eigenvalue weighted by atomic mass is 9.50. The summed E-state index contributed by atoms with van der Waals surface area (Å²) in [6, 6.07) is 0. The van der Waals surface area contributed by atoms with Crippen molar-refractivity contribution in [3.8, 4) is 0 Å². The molecule has 0 aromatic carbocycles. The van der Waals surface area contributed by atoms with Crippen molar-refractivity contribution in [2.24, 2.45) is 16.7 Å². The van der Waals surface area contributed by atoms with Crippen molar-refractivity contribution in [2.45, 2.75) is 58.8 Å². The molecule has 0 aromatic rings. The van der Waals surface area contributed by atoms with Gasteiger partial charge in [-0.15, -0.1) is 0 Å². The second kappa shape index (κ2) is 4.05. The molecule has 3 aliphatic carbocycles. The van der Waals surface area contributed by atoms with E-state index in [9.17, 15) is 4.79 Å². The highest BCUT2D eigenvalue weighted by Gasteiger charge is 2.50. The van der Waals surface area contributed by atoms with Crippen molar-refractivity contribution >= 4 is 5.91 Å². The zero-order valence-electron chi connectivity index (χ0n) is 10.9. The molecule has 2 nitrogen and oxygen atoms in total. The van der Waals surface area contributed by atoms with Gasteiger partial charge in [-0.25, -0.2) is 0 Å². The van der Waals surface area contributed by atoms with Crippen LogP contribution in [0.4, 0.5) is 0 Å². The van der Waals surface area contributed by atoms with Crippen LogP contribution >= 0.6 is 0 Å². The van der Waals surface area contributed by atoms with Gasteiger partial charge in [0.05, 0.1) is 0 Å². The predicted octanol–water partition coefficient (Wildman–Crippen LogP) is 3.12. The number of amides is 1. The number of carbonyl (C=O) groups excluding carboxylic acids is 1. The van der Waals surface area contributed by atoms with E-state index in [0.717, 1.165) is 12.3 Å². The summed E-state index contributed by atoms with van der Waals surface area (Å²) in [5, 5.41) is 2.78. The van der Waals surface area contributed by atoms with Gasteiger partial charge in [0.2, 0.25) is 5.91 Å². The second-order valence-corrected chi connectivity index (χ2v) is 6.37. The van der Waals surface area contributed by atoms with E-state index in [-0.39, 0.29) is 5.91 Å². The van der Waals surface area contributed by atoms with E-state index in [2.05, 4.69) is 19.2 Å². The summed E-state index contributed by atoms with van der Waals surface area (Å²) in [5.41, 5.74) is 0.973. The summed E-state index contributed by atoms with van der Waals surface area (Å²) in [7, 11) is 1.75. The van der Waals surface area contributed by atoms with E-state index in [1.165, 1.54) is 38.5 Å². The highest BCUT2D eigenvalue weighted by Crippen LogP contribution is 2.60. The van der Waals surface area contributed by atoms with E-state index < -0.39 is 0 Å². The van der Waals surface area contributed by atoms with Crippen LogP contribution < -0.4 is 5.32 Å². The number of fused-ring (bicyclic) bond motifs is 3. The SMILES string of the molecule is CNC(=O)CC12CCC(C(C)C)(CC1)CC2. The minimum absolute atomic E-state index is 0.235. The van der Waals surface area contributed by atoms with Crippen LogP contribution in [-0.4, -0.2) is 13.0 Å². The van der Waals surface area contributed by atoms with Crippen LogP contribution in [0.3, 0.4) is 0 Å². The molecule has 2 heteroatoms. The van der Waals surface area contributed by atoms with Gasteiger partial charge in [-0.05, 0) is 55.3 Å². The molecule has 3 aliphatic rings. The van der Waals surface area contributed by atoms with Gasteiger partial charge in [-0.2, -0.15) is 0 Å². The maximum atomic E-state index is 11.6. The zero-order chi connectivity index (χ0) is 11.8. The molecule has 2 bridgehead atoms. The third kappa shape index (κ3) is 1.87. The van der Waals surface area contributed by atoms with Crippen molar-refractivity contribution in [3.05, 3.63) is 0 Å². The molecule has 0 saturated heterocycles. The second-order valence-electron chi connectivity index (χ2n) is 6.37. The Labute approximate surface area is 99.2 Å². The van der Waals surface area contributed by atoms with E-state index in [0.29, 0.717) is 10.8 Å². The zero-order valence-corrected chi connectivity index (χ0v) is 10.9. The molecule has 1 amide bonds. The molecule has 3 rings (SSSR count). The summed E-state index contributed by atoms with van der Waals surface area (Å²) in [6.07, 6.45) is 8.64. The van der Waals surface area contributed by atoms with Crippen LogP contribution in [0.2, 0.25) is 0 Å². The van der Waals surface area contributed by atoms with Gasteiger partial charge >= 0.3 is 0 Å². The fraction of sp³-hybridized carbons (Fsp3) is 0.929. The molecular formula is C14H25NO. The molecule has 0 aromatic heterocycles. The first kappa shape index (κ1) is 11.9. The molecule has 0 heterocycles. The quantitative estimate of drug-likeness (QED) is 0.782. The molecule has 0 spiro atoms. The number of nitrogens with one attached hydrogen (secondary N) is 1. The third-order valence-electron chi connectivity index (χ3n) is 5.50. The normalized spacial score (nSPS) is 37.8. The van der Waals surface area contributed by atoms with Crippen LogP contribution in [0.25, 0.3) is 0 Å². The first-order valence-electron chi connectivity index (χ1n) is 6.73. The maximum Gasteiger partial charge on any atom is 0.220 e. The highest BCUT2D eigenvalue weighted by atomic mass is 16.1. The Hall–Kier alpha value is -0.530. The minimum Gasteiger partial charge on any atom is -0.359 e. The largest absolute Gasteiger partial charge is 0.359 e. The summed E-state index contributed by atoms with van der Waals surface area (Å²) in [6.45, 7) is 4.74. The maximum absolute atomic E-state index is 11.6. The van der Waals surface area contributed by atoms with E-state index in [1.807, 2.05) is 0 Å². The topological polar surface area (TPSA) is 29.1 Å². The Balaban J connectivity index is 2.03. The van der Waals surface area contributed by atoms with Crippen LogP contribution in [-0.2, 0) is 4.79 Å². The summed E-state index contributed by atoms with van der Waals surface area (Å²) in [5.74, 6) is 1.05. The minimum atomic E-state index is 0.235. The van der Waals surface area contributed by atoms with E-state index in [1.54, 1.807) is 7.05 Å². The molecule has 0 unspecified atom stereocenters. The summed E-state index contributed by atoms with van der Waals surface area (Å²) in [4.78, 5) is 11.6. The van der Waals surface area contributed by atoms with Gasteiger partial charge in [0.15, 0.2) is 0 Å². The van der Waals surface area contributed by atoms with Crippen LogP contribution in [0.15, 0.2) is 0 Å². The molecular weight excluding hydrogens is 198 g/mol. The summed E-state index contributed by atoms with van der Waals surface area (Å²) < 4.78 is 0. The van der Waals surface area contributed by atoms with Crippen molar-refractivity contribution in [2.75, 3.05) is 7.05 Å². The van der Waals surface area contributed by atoms with Gasteiger partial charge in [0, 0.05) is 13.5 Å². The summed E-state index contributed by atoms with van der Waals surface area (Å²) >= 11 is 0. The molecule has 1 N–H and O–H groups in total. The average molecular weight is 223 g/mol. The van der Waals surface area contributed by atoms with Crippen molar-refractivity contribution in [3.63, 3.8) is 0 Å². The highest BCUT2D eigenvalue weighted by molar-refractivity contribution is 5.76. The van der Waals surface area contributed by atoms with Crippen molar-refractivity contribution in [1.82, 2.24) is 5.32 Å². The first-order chi connectivity index (χ1) is 7.52. The fourth-order valence-corrected chi connectivity index (χ4v) is 3.85. The number of rotatable bonds is 3. The Kier molecular flexibility index (Phi) is 3.02. The molecule has 3 fully saturated rings. The first-order valence-corrected chi connectivity index (χ1v) is 6.73. The molecule has 16 heavy (non-hydrogen) atoms. The van der Waals surface area contributed by atoms with Gasteiger partial charge in [-0.3, -0.25) is 4.79 Å². The smallest absolute Gasteiger partial charge is 0.220 e. The predicted molar refractivity (Wildman–Crippen MR) is 66.1 cm³/mol. The van der Waals surface area contributed by atoms with Crippen LogP contribution in [0.1, 0.15) is 58.8 Å². The van der Waals surface area contributed by atoms with Gasteiger partial charge < -0.3 is 5.32 Å². The Bertz CT molecular complexity index is 258. The molecule has 0 atom stereocenters. The van der Waals surface area contributed by atoms with Gasteiger partial charge in [0.25, 0.3) is 0 Å². The van der Waals surface area contributed by atoms with Gasteiger partial charge in [0.1, 0.15) is 0 Å². The molecule has 0 aliphatic heterocycles. The standard InChI is InChI=1S/C14H25NO/c1-11(2)14-7-4-13(5-8-14,6-9-14)10-12(16)15-3/h11H,4-10H2,1-3H3,(H,15,16). The Morgan fingerprint density at radius 2 is 1.62 bits per heavy atom. The Morgan fingerprint density at radius 3 is 2.00 bits per heavy atom. The van der Waals surface area contributed by atoms with E-state index in [4.69, 9.17) is 0 Å². The molecule has 92 valence electrons. The average Bonchev–Trinajstić information content (AvgIpc) is 2.30. The number of carbonyl (C=O) groups is 1. The molecule has 3 saturated carbocycles. The number of hydrogen-bond acceptors (Lipinski definition) is 1. The van der Waals surface area contributed by atoms with Crippen molar-refractivity contribution < 1.29 is 4.79 Å². The third-order valence-corrected chi connectivity index (χ3v) is 5.50. The fourth-order valence-electron chi connectivity index (χ4n) is 3.85. The lowest BCUT2D eigenvalue weighted by molar-refractivity contribution is -0.127. The monoisotopic (exact) mass is 223 g/mol. The van der Waals surface area contributed by atoms with Crippen LogP contribution in [0, 0.1) is 16.7 Å². The van der Waals surface area contributed by atoms with Gasteiger partial charge in [-0.1, -0.05) is 13.8 Å². The Morgan fingerprint density at radius 1 is 1.12 bits per heavy atom.